The monoisotopic (exact) mass is 396 g/mol. The van der Waals surface area contributed by atoms with Gasteiger partial charge in [0.2, 0.25) is 0 Å². The van der Waals surface area contributed by atoms with Gasteiger partial charge in [-0.05, 0) is 30.3 Å². The number of hydrogen-bond acceptors (Lipinski definition) is 6. The first-order valence-corrected chi connectivity index (χ1v) is 7.37. The minimum absolute atomic E-state index is 0.142. The summed E-state index contributed by atoms with van der Waals surface area (Å²) in [5.74, 6) is -3.11. The molecule has 0 atom stereocenters. The Kier molecular flexibility index (Phi) is 5.93. The molecule has 0 aliphatic carbocycles. The fourth-order valence-electron chi connectivity index (χ4n) is 1.94. The van der Waals surface area contributed by atoms with E-state index in [1.165, 1.54) is 12.1 Å². The highest BCUT2D eigenvalue weighted by Gasteiger charge is 2.30. The first kappa shape index (κ1) is 20.4. The van der Waals surface area contributed by atoms with Crippen molar-refractivity contribution in [3.8, 4) is 5.75 Å². The van der Waals surface area contributed by atoms with E-state index in [0.717, 1.165) is 30.5 Å². The number of anilines is 1. The van der Waals surface area contributed by atoms with Gasteiger partial charge in [0.15, 0.2) is 5.75 Å². The fraction of sp³-hybridized carbons (Fsp3) is 0.0625. The Morgan fingerprint density at radius 3 is 2.50 bits per heavy atom. The molecule has 2 aromatic carbocycles. The number of nitro groups is 1. The Hall–Kier alpha value is -3.96. The molecule has 0 spiro atoms. The van der Waals surface area contributed by atoms with E-state index in [9.17, 15) is 38.0 Å². The molecule has 0 aromatic heterocycles. The molecule has 146 valence electrons. The fourth-order valence-corrected chi connectivity index (χ4v) is 1.94. The number of phenols is 1. The van der Waals surface area contributed by atoms with Crippen LogP contribution in [0, 0.1) is 10.1 Å². The number of aromatic hydroxyl groups is 1. The third-order valence-electron chi connectivity index (χ3n) is 3.23. The second-order valence-corrected chi connectivity index (χ2v) is 5.24. The molecule has 3 N–H and O–H groups in total. The molecule has 9 nitrogen and oxygen atoms in total. The molecular weight excluding hydrogens is 385 g/mol. The molecular formula is C16H11F3N4O5. The lowest BCUT2D eigenvalue weighted by molar-refractivity contribution is -0.385. The van der Waals surface area contributed by atoms with E-state index >= 15 is 0 Å². The Bertz CT molecular complexity index is 960. The van der Waals surface area contributed by atoms with Crippen molar-refractivity contribution >= 4 is 29.4 Å². The zero-order valence-corrected chi connectivity index (χ0v) is 13.7. The summed E-state index contributed by atoms with van der Waals surface area (Å²) in [6.45, 7) is 0. The molecule has 0 fully saturated rings. The summed E-state index contributed by atoms with van der Waals surface area (Å²) in [7, 11) is 0. The summed E-state index contributed by atoms with van der Waals surface area (Å²) < 4.78 is 37.9. The minimum Gasteiger partial charge on any atom is -0.502 e. The number of rotatable bonds is 4. The Morgan fingerprint density at radius 2 is 1.86 bits per heavy atom. The Labute approximate surface area is 154 Å². The number of nitrogens with zero attached hydrogens (tertiary/aromatic N) is 2. The number of alkyl halides is 3. The van der Waals surface area contributed by atoms with Gasteiger partial charge < -0.3 is 10.4 Å². The quantitative estimate of drug-likeness (QED) is 0.316. The number of benzene rings is 2. The molecule has 2 aromatic rings. The highest BCUT2D eigenvalue weighted by atomic mass is 19.4. The van der Waals surface area contributed by atoms with Crippen molar-refractivity contribution in [3.63, 3.8) is 0 Å². The van der Waals surface area contributed by atoms with Gasteiger partial charge in [0.05, 0.1) is 16.7 Å². The third-order valence-corrected chi connectivity index (χ3v) is 3.23. The number of phenolic OH excluding ortho intramolecular Hbond substituents is 1. The average Bonchev–Trinajstić information content (AvgIpc) is 2.62. The van der Waals surface area contributed by atoms with Crippen molar-refractivity contribution in [3.05, 3.63) is 63.7 Å². The summed E-state index contributed by atoms with van der Waals surface area (Å²) in [6.07, 6.45) is -3.64. The lowest BCUT2D eigenvalue weighted by Gasteiger charge is -2.09. The van der Waals surface area contributed by atoms with Crippen LogP contribution in [-0.2, 0) is 15.8 Å². The van der Waals surface area contributed by atoms with Crippen LogP contribution >= 0.6 is 0 Å². The number of amides is 2. The highest BCUT2D eigenvalue weighted by molar-refractivity contribution is 6.39. The maximum Gasteiger partial charge on any atom is 0.416 e. The van der Waals surface area contributed by atoms with Crippen molar-refractivity contribution in [2.75, 3.05) is 5.32 Å². The van der Waals surface area contributed by atoms with Gasteiger partial charge in [-0.1, -0.05) is 6.07 Å². The first-order chi connectivity index (χ1) is 13.1. The van der Waals surface area contributed by atoms with Crippen LogP contribution in [0.4, 0.5) is 24.5 Å². The number of nitrogens with one attached hydrogen (secondary N) is 2. The normalized spacial score (nSPS) is 11.2. The van der Waals surface area contributed by atoms with Crippen LogP contribution in [0.25, 0.3) is 0 Å². The smallest absolute Gasteiger partial charge is 0.416 e. The SMILES string of the molecule is O=C(N/N=C\c1ccc(O)c([N+](=O)[O-])c1)C(=O)Nc1cccc(C(F)(F)F)c1. The molecule has 0 bridgehead atoms. The van der Waals surface area contributed by atoms with Crippen molar-refractivity contribution in [1.29, 1.82) is 0 Å². The van der Waals surface area contributed by atoms with Gasteiger partial charge in [0, 0.05) is 17.3 Å². The van der Waals surface area contributed by atoms with Gasteiger partial charge in [-0.2, -0.15) is 18.3 Å². The predicted octanol–water partition coefficient (Wildman–Crippen LogP) is 2.41. The largest absolute Gasteiger partial charge is 0.502 e. The van der Waals surface area contributed by atoms with E-state index in [4.69, 9.17) is 0 Å². The molecule has 2 amide bonds. The van der Waals surface area contributed by atoms with Crippen LogP contribution in [0.3, 0.4) is 0 Å². The van der Waals surface area contributed by atoms with Crippen molar-refractivity contribution in [2.24, 2.45) is 5.10 Å². The van der Waals surface area contributed by atoms with Crippen LogP contribution in [0.15, 0.2) is 47.6 Å². The molecule has 0 aliphatic rings. The molecule has 0 aliphatic heterocycles. The predicted molar refractivity (Wildman–Crippen MR) is 90.6 cm³/mol. The van der Waals surface area contributed by atoms with Crippen LogP contribution < -0.4 is 10.7 Å². The van der Waals surface area contributed by atoms with Gasteiger partial charge in [-0.3, -0.25) is 19.7 Å². The number of halogens is 3. The number of hydrazone groups is 1. The molecule has 28 heavy (non-hydrogen) atoms. The summed E-state index contributed by atoms with van der Waals surface area (Å²) >= 11 is 0. The lowest BCUT2D eigenvalue weighted by Crippen LogP contribution is -2.32. The van der Waals surface area contributed by atoms with Crippen LogP contribution in [-0.4, -0.2) is 28.1 Å². The second kappa shape index (κ2) is 8.16. The summed E-state index contributed by atoms with van der Waals surface area (Å²) in [6, 6.07) is 6.97. The van der Waals surface area contributed by atoms with Crippen LogP contribution in [0.5, 0.6) is 5.75 Å². The molecule has 2 rings (SSSR count). The summed E-state index contributed by atoms with van der Waals surface area (Å²) in [5.41, 5.74) is 0.135. The van der Waals surface area contributed by atoms with E-state index in [-0.39, 0.29) is 11.3 Å². The minimum atomic E-state index is -4.61. The van der Waals surface area contributed by atoms with E-state index in [1.807, 2.05) is 10.7 Å². The number of carbonyl (C=O) groups excluding carboxylic acids is 2. The maximum absolute atomic E-state index is 12.6. The second-order valence-electron chi connectivity index (χ2n) is 5.24. The molecule has 0 heterocycles. The van der Waals surface area contributed by atoms with Gasteiger partial charge in [-0.25, -0.2) is 5.43 Å². The van der Waals surface area contributed by atoms with Gasteiger partial charge in [0.25, 0.3) is 0 Å². The number of carbonyl (C=O) groups is 2. The Morgan fingerprint density at radius 1 is 1.14 bits per heavy atom. The molecule has 0 saturated heterocycles. The van der Waals surface area contributed by atoms with Gasteiger partial charge in [0.1, 0.15) is 0 Å². The lowest BCUT2D eigenvalue weighted by atomic mass is 10.2. The number of nitro benzene ring substituents is 1. The van der Waals surface area contributed by atoms with Crippen molar-refractivity contribution in [2.45, 2.75) is 6.18 Å². The van der Waals surface area contributed by atoms with E-state index in [1.54, 1.807) is 0 Å². The Balaban J connectivity index is 2.00. The van der Waals surface area contributed by atoms with Crippen LogP contribution in [0.1, 0.15) is 11.1 Å². The molecule has 0 radical (unpaired) electrons. The van der Waals surface area contributed by atoms with Crippen LogP contribution in [0.2, 0.25) is 0 Å². The highest BCUT2D eigenvalue weighted by Crippen LogP contribution is 2.30. The average molecular weight is 396 g/mol. The van der Waals surface area contributed by atoms with Gasteiger partial charge >= 0.3 is 23.7 Å². The maximum atomic E-state index is 12.6. The zero-order valence-electron chi connectivity index (χ0n) is 13.7. The zero-order chi connectivity index (χ0) is 20.9. The topological polar surface area (TPSA) is 134 Å². The van der Waals surface area contributed by atoms with Gasteiger partial charge in [-0.15, -0.1) is 0 Å². The number of hydrogen-bond donors (Lipinski definition) is 3. The third kappa shape index (κ3) is 5.27. The molecule has 0 unspecified atom stereocenters. The standard InChI is InChI=1S/C16H11F3N4O5/c17-16(18,19)10-2-1-3-11(7-10)21-14(25)15(26)22-20-8-9-4-5-13(24)12(6-9)23(27)28/h1-8,24H,(H,21,25)(H,22,26)/b20-8-. The summed E-state index contributed by atoms with van der Waals surface area (Å²) in [5, 5.41) is 25.4. The van der Waals surface area contributed by atoms with Crippen molar-refractivity contribution in [1.82, 2.24) is 5.43 Å². The van der Waals surface area contributed by atoms with E-state index in [2.05, 4.69) is 5.10 Å². The van der Waals surface area contributed by atoms with E-state index < -0.39 is 39.9 Å². The first-order valence-electron chi connectivity index (χ1n) is 7.37. The molecule has 0 saturated carbocycles. The van der Waals surface area contributed by atoms with Crippen molar-refractivity contribution < 1.29 is 32.8 Å². The van der Waals surface area contributed by atoms with E-state index in [0.29, 0.717) is 6.07 Å². The molecule has 12 heteroatoms. The summed E-state index contributed by atoms with van der Waals surface area (Å²) in [4.78, 5) is 33.2.